The van der Waals surface area contributed by atoms with Gasteiger partial charge in [0.1, 0.15) is 17.3 Å². The number of phenolic OH excluding ortho intramolecular Hbond substituents is 1. The SMILES string of the molecule is CC(C)(C)c1cc(-c2nc(-c3cccc(Oc4ccccn4)c3)nc(C(C)(C)C)n2)c(O)c(C(C)(C)C)c1. The van der Waals surface area contributed by atoms with Crippen molar-refractivity contribution in [2.45, 2.75) is 78.6 Å². The van der Waals surface area contributed by atoms with Crippen LogP contribution >= 0.6 is 0 Å². The Labute approximate surface area is 226 Å². The molecular formula is C32H38N4O2. The molecule has 0 spiro atoms. The van der Waals surface area contributed by atoms with E-state index in [-0.39, 0.29) is 22.0 Å². The molecule has 0 amide bonds. The fourth-order valence-electron chi connectivity index (χ4n) is 4.00. The van der Waals surface area contributed by atoms with Crippen molar-refractivity contribution < 1.29 is 9.84 Å². The second-order valence-electron chi connectivity index (χ2n) is 12.8. The predicted octanol–water partition coefficient (Wildman–Crippen LogP) is 7.99. The molecule has 2 aromatic carbocycles. The quantitative estimate of drug-likeness (QED) is 0.300. The van der Waals surface area contributed by atoms with Gasteiger partial charge in [-0.2, -0.15) is 0 Å². The standard InChI is InChI=1S/C32H38N4O2/c1-30(2,3)21-18-23(26(37)24(19-21)31(4,5)6)28-34-27(35-29(36-28)32(7,8)9)20-13-12-14-22(17-20)38-25-15-10-11-16-33-25/h10-19,37H,1-9H3. The van der Waals surface area contributed by atoms with Gasteiger partial charge >= 0.3 is 0 Å². The molecule has 0 radical (unpaired) electrons. The normalized spacial score (nSPS) is 12.4. The third kappa shape index (κ3) is 6.01. The highest BCUT2D eigenvalue weighted by atomic mass is 16.5. The molecule has 0 saturated heterocycles. The first kappa shape index (κ1) is 27.2. The van der Waals surface area contributed by atoms with E-state index < -0.39 is 0 Å². The number of phenols is 1. The second-order valence-corrected chi connectivity index (χ2v) is 12.8. The molecule has 0 atom stereocenters. The summed E-state index contributed by atoms with van der Waals surface area (Å²) in [6.45, 7) is 19.0. The monoisotopic (exact) mass is 510 g/mol. The molecule has 4 rings (SSSR count). The van der Waals surface area contributed by atoms with Gasteiger partial charge in [-0.25, -0.2) is 19.9 Å². The van der Waals surface area contributed by atoms with Crippen LogP contribution < -0.4 is 4.74 Å². The van der Waals surface area contributed by atoms with Crippen LogP contribution in [0.3, 0.4) is 0 Å². The molecule has 0 aliphatic rings. The number of aromatic hydroxyl groups is 1. The van der Waals surface area contributed by atoms with E-state index in [1.807, 2.05) is 48.5 Å². The summed E-state index contributed by atoms with van der Waals surface area (Å²) in [5.41, 5.74) is 2.65. The highest BCUT2D eigenvalue weighted by Gasteiger charge is 2.28. The fraction of sp³-hybridized carbons (Fsp3) is 0.375. The summed E-state index contributed by atoms with van der Waals surface area (Å²) in [7, 11) is 0. The van der Waals surface area contributed by atoms with Crippen molar-refractivity contribution >= 4 is 0 Å². The number of nitrogens with zero attached hydrogens (tertiary/aromatic N) is 4. The Kier molecular flexibility index (Phi) is 7.04. The van der Waals surface area contributed by atoms with Gasteiger partial charge in [0.15, 0.2) is 11.6 Å². The van der Waals surface area contributed by atoms with Crippen molar-refractivity contribution in [3.05, 3.63) is 77.7 Å². The van der Waals surface area contributed by atoms with Crippen molar-refractivity contribution in [3.63, 3.8) is 0 Å². The van der Waals surface area contributed by atoms with E-state index in [1.165, 1.54) is 0 Å². The highest BCUT2D eigenvalue weighted by Crippen LogP contribution is 2.42. The summed E-state index contributed by atoms with van der Waals surface area (Å²) in [6.07, 6.45) is 1.69. The lowest BCUT2D eigenvalue weighted by Crippen LogP contribution is -2.19. The summed E-state index contributed by atoms with van der Waals surface area (Å²) in [6, 6.07) is 17.3. The fourth-order valence-corrected chi connectivity index (χ4v) is 4.00. The van der Waals surface area contributed by atoms with Crippen LogP contribution in [0.1, 0.15) is 79.3 Å². The van der Waals surface area contributed by atoms with E-state index in [1.54, 1.807) is 6.20 Å². The molecule has 0 fully saturated rings. The average Bonchev–Trinajstić information content (AvgIpc) is 2.83. The molecule has 2 aromatic heterocycles. The number of aromatic nitrogens is 4. The first-order valence-electron chi connectivity index (χ1n) is 13.0. The maximum absolute atomic E-state index is 11.5. The van der Waals surface area contributed by atoms with Crippen LogP contribution in [0.4, 0.5) is 0 Å². The predicted molar refractivity (Wildman–Crippen MR) is 153 cm³/mol. The zero-order chi connectivity index (χ0) is 27.9. The van der Waals surface area contributed by atoms with Crippen LogP contribution in [0.5, 0.6) is 17.4 Å². The van der Waals surface area contributed by atoms with Gasteiger partial charge in [-0.15, -0.1) is 0 Å². The highest BCUT2D eigenvalue weighted by molar-refractivity contribution is 5.71. The van der Waals surface area contributed by atoms with Gasteiger partial charge in [-0.1, -0.05) is 86.6 Å². The van der Waals surface area contributed by atoms with Gasteiger partial charge in [0, 0.05) is 28.8 Å². The van der Waals surface area contributed by atoms with Crippen LogP contribution in [0.25, 0.3) is 22.8 Å². The summed E-state index contributed by atoms with van der Waals surface area (Å²) in [5, 5.41) is 11.5. The molecule has 0 bridgehead atoms. The molecule has 4 aromatic rings. The van der Waals surface area contributed by atoms with E-state index in [0.717, 1.165) is 16.7 Å². The number of pyridine rings is 1. The van der Waals surface area contributed by atoms with E-state index in [4.69, 9.17) is 19.7 Å². The van der Waals surface area contributed by atoms with Crippen molar-refractivity contribution in [1.29, 1.82) is 0 Å². The molecule has 0 unspecified atom stereocenters. The Bertz CT molecular complexity index is 1440. The molecular weight excluding hydrogens is 472 g/mol. The lowest BCUT2D eigenvalue weighted by Gasteiger charge is -2.27. The van der Waals surface area contributed by atoms with Crippen LogP contribution in [0, 0.1) is 0 Å². The minimum absolute atomic E-state index is 0.123. The number of hydrogen-bond acceptors (Lipinski definition) is 6. The molecule has 1 N–H and O–H groups in total. The third-order valence-corrected chi connectivity index (χ3v) is 6.28. The minimum Gasteiger partial charge on any atom is -0.507 e. The molecule has 38 heavy (non-hydrogen) atoms. The van der Waals surface area contributed by atoms with Crippen LogP contribution in [-0.2, 0) is 16.2 Å². The summed E-state index contributed by atoms with van der Waals surface area (Å²) in [4.78, 5) is 18.9. The molecule has 6 heteroatoms. The minimum atomic E-state index is -0.335. The number of ether oxygens (including phenoxy) is 1. The molecule has 6 nitrogen and oxygen atoms in total. The summed E-state index contributed by atoms with van der Waals surface area (Å²) < 4.78 is 5.96. The van der Waals surface area contributed by atoms with E-state index in [2.05, 4.69) is 73.4 Å². The van der Waals surface area contributed by atoms with Gasteiger partial charge in [0.2, 0.25) is 5.88 Å². The molecule has 2 heterocycles. The lowest BCUT2D eigenvalue weighted by molar-refractivity contribution is 0.446. The third-order valence-electron chi connectivity index (χ3n) is 6.28. The maximum Gasteiger partial charge on any atom is 0.219 e. The van der Waals surface area contributed by atoms with Crippen molar-refractivity contribution in [2.75, 3.05) is 0 Å². The van der Waals surface area contributed by atoms with Crippen molar-refractivity contribution in [1.82, 2.24) is 19.9 Å². The van der Waals surface area contributed by atoms with Crippen molar-refractivity contribution in [3.8, 4) is 40.2 Å². The van der Waals surface area contributed by atoms with E-state index >= 15 is 0 Å². The topological polar surface area (TPSA) is 81.0 Å². The summed E-state index contributed by atoms with van der Waals surface area (Å²) in [5.74, 6) is 2.96. The number of hydrogen-bond donors (Lipinski definition) is 1. The smallest absolute Gasteiger partial charge is 0.219 e. The zero-order valence-electron chi connectivity index (χ0n) is 23.9. The first-order valence-corrected chi connectivity index (χ1v) is 13.0. The Balaban J connectivity index is 1.91. The molecule has 198 valence electrons. The molecule has 0 saturated carbocycles. The van der Waals surface area contributed by atoms with Crippen LogP contribution in [0.2, 0.25) is 0 Å². The van der Waals surface area contributed by atoms with Crippen LogP contribution in [0.15, 0.2) is 60.8 Å². The first-order chi connectivity index (χ1) is 17.6. The Morgan fingerprint density at radius 1 is 0.684 bits per heavy atom. The maximum atomic E-state index is 11.5. The van der Waals surface area contributed by atoms with Gasteiger partial charge < -0.3 is 9.84 Å². The van der Waals surface area contributed by atoms with Gasteiger partial charge in [0.25, 0.3) is 0 Å². The van der Waals surface area contributed by atoms with E-state index in [0.29, 0.717) is 34.7 Å². The summed E-state index contributed by atoms with van der Waals surface area (Å²) >= 11 is 0. The van der Waals surface area contributed by atoms with Crippen molar-refractivity contribution in [2.24, 2.45) is 0 Å². The Hall–Kier alpha value is -3.80. The second kappa shape index (κ2) is 9.82. The van der Waals surface area contributed by atoms with Gasteiger partial charge in [-0.05, 0) is 40.7 Å². The lowest BCUT2D eigenvalue weighted by atomic mass is 9.79. The number of benzene rings is 2. The Morgan fingerprint density at radius 2 is 1.39 bits per heavy atom. The average molecular weight is 511 g/mol. The van der Waals surface area contributed by atoms with E-state index in [9.17, 15) is 5.11 Å². The zero-order valence-corrected chi connectivity index (χ0v) is 23.9. The molecule has 0 aliphatic heterocycles. The largest absolute Gasteiger partial charge is 0.507 e. The molecule has 0 aliphatic carbocycles. The number of rotatable bonds is 4. The van der Waals surface area contributed by atoms with Gasteiger partial charge in [0.05, 0.1) is 5.56 Å². The van der Waals surface area contributed by atoms with Gasteiger partial charge in [-0.3, -0.25) is 0 Å². The van der Waals surface area contributed by atoms with Crippen LogP contribution in [-0.4, -0.2) is 25.0 Å². The Morgan fingerprint density at radius 3 is 2.00 bits per heavy atom.